The molecular formula is C17H24BrN3O2. The summed E-state index contributed by atoms with van der Waals surface area (Å²) >= 11 is 3.39. The Morgan fingerprint density at radius 2 is 2.09 bits per heavy atom. The van der Waals surface area contributed by atoms with Gasteiger partial charge in [-0.2, -0.15) is 0 Å². The third-order valence-electron chi connectivity index (χ3n) is 4.46. The van der Waals surface area contributed by atoms with Crippen LogP contribution in [0.1, 0.15) is 32.6 Å². The van der Waals surface area contributed by atoms with Crippen molar-refractivity contribution in [2.45, 2.75) is 38.1 Å². The Labute approximate surface area is 145 Å². The maximum Gasteiger partial charge on any atom is 0.244 e. The van der Waals surface area contributed by atoms with Crippen LogP contribution in [0.4, 0.5) is 5.69 Å². The number of halogens is 1. The highest BCUT2D eigenvalue weighted by atomic mass is 79.9. The molecule has 0 spiro atoms. The fraction of sp³-hybridized carbons (Fsp3) is 0.529. The van der Waals surface area contributed by atoms with Gasteiger partial charge in [0.1, 0.15) is 0 Å². The monoisotopic (exact) mass is 381 g/mol. The summed E-state index contributed by atoms with van der Waals surface area (Å²) in [6.07, 6.45) is 3.71. The van der Waals surface area contributed by atoms with Crippen molar-refractivity contribution < 1.29 is 9.59 Å². The molecule has 0 saturated heterocycles. The second kappa shape index (κ2) is 7.45. The minimum atomic E-state index is -0.484. The molecule has 0 aliphatic heterocycles. The third-order valence-corrected chi connectivity index (χ3v) is 5.15. The zero-order chi connectivity index (χ0) is 17.0. The van der Waals surface area contributed by atoms with Gasteiger partial charge < -0.3 is 16.0 Å². The minimum Gasteiger partial charge on any atom is -0.336 e. The number of likely N-dealkylation sites (N-methyl/N-ethyl adjacent to an activating group) is 1. The summed E-state index contributed by atoms with van der Waals surface area (Å²) in [5.74, 6) is -0.475. The van der Waals surface area contributed by atoms with Crippen molar-refractivity contribution in [1.82, 2.24) is 4.90 Å². The number of carbonyl (C=O) groups excluding carboxylic acids is 2. The van der Waals surface area contributed by atoms with Crippen molar-refractivity contribution in [2.24, 2.45) is 11.7 Å². The van der Waals surface area contributed by atoms with Crippen LogP contribution in [0.15, 0.2) is 28.7 Å². The van der Waals surface area contributed by atoms with Crippen LogP contribution in [-0.4, -0.2) is 35.8 Å². The van der Waals surface area contributed by atoms with Gasteiger partial charge in [0.05, 0.1) is 18.2 Å². The Bertz CT molecular complexity index is 589. The van der Waals surface area contributed by atoms with E-state index in [2.05, 4.69) is 21.2 Å². The highest BCUT2D eigenvalue weighted by molar-refractivity contribution is 9.10. The van der Waals surface area contributed by atoms with Gasteiger partial charge in [0, 0.05) is 17.1 Å². The Morgan fingerprint density at radius 3 is 2.74 bits per heavy atom. The van der Waals surface area contributed by atoms with Crippen molar-refractivity contribution >= 4 is 33.4 Å². The quantitative estimate of drug-likeness (QED) is 0.841. The number of amides is 2. The molecule has 1 aromatic rings. The van der Waals surface area contributed by atoms with E-state index in [1.807, 2.05) is 31.2 Å². The molecule has 6 heteroatoms. The van der Waals surface area contributed by atoms with Gasteiger partial charge >= 0.3 is 0 Å². The largest absolute Gasteiger partial charge is 0.336 e. The predicted molar refractivity (Wildman–Crippen MR) is 95.0 cm³/mol. The SMILES string of the molecule is CN(CC(=O)Nc1ccccc1Br)C(=O)C1CCCCC1(C)N. The van der Waals surface area contributed by atoms with E-state index in [1.54, 1.807) is 7.05 Å². The zero-order valence-corrected chi connectivity index (χ0v) is 15.2. The van der Waals surface area contributed by atoms with Crippen LogP contribution >= 0.6 is 15.9 Å². The lowest BCUT2D eigenvalue weighted by molar-refractivity contribution is -0.139. The second-order valence-corrected chi connectivity index (χ2v) is 7.38. The Balaban J connectivity index is 1.95. The van der Waals surface area contributed by atoms with E-state index < -0.39 is 5.54 Å². The van der Waals surface area contributed by atoms with Crippen molar-refractivity contribution in [2.75, 3.05) is 18.9 Å². The number of nitrogens with one attached hydrogen (secondary N) is 1. The number of hydrogen-bond acceptors (Lipinski definition) is 3. The summed E-state index contributed by atoms with van der Waals surface area (Å²) < 4.78 is 0.809. The first-order valence-corrected chi connectivity index (χ1v) is 8.69. The van der Waals surface area contributed by atoms with Crippen molar-refractivity contribution in [3.8, 4) is 0 Å². The molecule has 0 bridgehead atoms. The zero-order valence-electron chi connectivity index (χ0n) is 13.6. The van der Waals surface area contributed by atoms with Crippen LogP contribution in [0.2, 0.25) is 0 Å². The number of anilines is 1. The summed E-state index contributed by atoms with van der Waals surface area (Å²) in [6, 6.07) is 7.38. The standard InChI is InChI=1S/C17H24BrN3O2/c1-17(19)10-6-5-7-12(17)16(23)21(2)11-15(22)20-14-9-4-3-8-13(14)18/h3-4,8-9,12H,5-7,10-11,19H2,1-2H3,(H,20,22). The average Bonchev–Trinajstić information content (AvgIpc) is 2.48. The van der Waals surface area contributed by atoms with Gasteiger partial charge in [0.25, 0.3) is 0 Å². The molecule has 1 fully saturated rings. The molecule has 3 N–H and O–H groups in total. The summed E-state index contributed by atoms with van der Waals surface area (Å²) in [4.78, 5) is 26.3. The molecule has 23 heavy (non-hydrogen) atoms. The molecule has 1 aliphatic rings. The lowest BCUT2D eigenvalue weighted by Crippen LogP contribution is -2.53. The van der Waals surface area contributed by atoms with Gasteiger partial charge in [0.15, 0.2) is 0 Å². The van der Waals surface area contributed by atoms with Crippen LogP contribution < -0.4 is 11.1 Å². The van der Waals surface area contributed by atoms with Gasteiger partial charge in [0.2, 0.25) is 11.8 Å². The first-order valence-electron chi connectivity index (χ1n) is 7.89. The van der Waals surface area contributed by atoms with E-state index in [4.69, 9.17) is 5.73 Å². The highest BCUT2D eigenvalue weighted by Crippen LogP contribution is 2.32. The van der Waals surface area contributed by atoms with Gasteiger partial charge in [-0.25, -0.2) is 0 Å². The lowest BCUT2D eigenvalue weighted by atomic mass is 9.74. The first kappa shape index (κ1) is 17.9. The van der Waals surface area contributed by atoms with E-state index in [0.717, 1.165) is 30.2 Å². The number of para-hydroxylation sites is 1. The van der Waals surface area contributed by atoms with Gasteiger partial charge in [-0.3, -0.25) is 9.59 Å². The minimum absolute atomic E-state index is 0.0206. The second-order valence-electron chi connectivity index (χ2n) is 6.53. The smallest absolute Gasteiger partial charge is 0.244 e. The van der Waals surface area contributed by atoms with Gasteiger partial charge in [-0.15, -0.1) is 0 Å². The molecule has 0 radical (unpaired) electrons. The van der Waals surface area contributed by atoms with Crippen LogP contribution in [0, 0.1) is 5.92 Å². The number of nitrogens with two attached hydrogens (primary N) is 1. The van der Waals surface area contributed by atoms with E-state index in [1.165, 1.54) is 4.90 Å². The number of carbonyl (C=O) groups is 2. The molecule has 1 saturated carbocycles. The average molecular weight is 382 g/mol. The molecule has 126 valence electrons. The summed E-state index contributed by atoms with van der Waals surface area (Å²) in [6.45, 7) is 1.95. The Morgan fingerprint density at radius 1 is 1.39 bits per heavy atom. The van der Waals surface area contributed by atoms with E-state index in [9.17, 15) is 9.59 Å². The van der Waals surface area contributed by atoms with Crippen LogP contribution in [0.5, 0.6) is 0 Å². The molecular weight excluding hydrogens is 358 g/mol. The molecule has 1 aliphatic carbocycles. The lowest BCUT2D eigenvalue weighted by Gasteiger charge is -2.39. The van der Waals surface area contributed by atoms with Crippen LogP contribution in [0.25, 0.3) is 0 Å². The Hall–Kier alpha value is -1.40. The fourth-order valence-corrected chi connectivity index (χ4v) is 3.46. The highest BCUT2D eigenvalue weighted by Gasteiger charge is 2.39. The molecule has 2 unspecified atom stereocenters. The van der Waals surface area contributed by atoms with Crippen LogP contribution in [0.3, 0.4) is 0 Å². The molecule has 2 amide bonds. The fourth-order valence-electron chi connectivity index (χ4n) is 3.08. The maximum atomic E-state index is 12.6. The van der Waals surface area contributed by atoms with Crippen molar-refractivity contribution in [3.05, 3.63) is 28.7 Å². The topological polar surface area (TPSA) is 75.4 Å². The van der Waals surface area contributed by atoms with Gasteiger partial charge in [-0.1, -0.05) is 25.0 Å². The number of hydrogen-bond donors (Lipinski definition) is 2. The molecule has 5 nitrogen and oxygen atoms in total. The number of benzene rings is 1. The summed E-state index contributed by atoms with van der Waals surface area (Å²) in [5, 5.41) is 2.81. The first-order chi connectivity index (χ1) is 10.8. The van der Waals surface area contributed by atoms with E-state index in [0.29, 0.717) is 5.69 Å². The molecule has 2 rings (SSSR count). The molecule has 1 aromatic carbocycles. The van der Waals surface area contributed by atoms with Gasteiger partial charge in [-0.05, 0) is 47.8 Å². The van der Waals surface area contributed by atoms with Crippen LogP contribution in [-0.2, 0) is 9.59 Å². The number of rotatable bonds is 4. The molecule has 2 atom stereocenters. The Kier molecular flexibility index (Phi) is 5.81. The van der Waals surface area contributed by atoms with E-state index in [-0.39, 0.29) is 24.3 Å². The molecule has 0 aromatic heterocycles. The number of nitrogens with zero attached hydrogens (tertiary/aromatic N) is 1. The van der Waals surface area contributed by atoms with Crippen molar-refractivity contribution in [3.63, 3.8) is 0 Å². The maximum absolute atomic E-state index is 12.6. The van der Waals surface area contributed by atoms with Crippen molar-refractivity contribution in [1.29, 1.82) is 0 Å². The third kappa shape index (κ3) is 4.54. The summed E-state index contributed by atoms with van der Waals surface area (Å²) in [7, 11) is 1.66. The normalized spacial score (nSPS) is 24.1. The van der Waals surface area contributed by atoms with E-state index >= 15 is 0 Å². The summed E-state index contributed by atoms with van der Waals surface area (Å²) in [5.41, 5.74) is 6.49. The predicted octanol–water partition coefficient (Wildman–Crippen LogP) is 2.75. The molecule has 0 heterocycles.